The van der Waals surface area contributed by atoms with Crippen molar-refractivity contribution in [3.8, 4) is 0 Å². The Bertz CT molecular complexity index is 638. The van der Waals surface area contributed by atoms with Gasteiger partial charge >= 0.3 is 0 Å². The lowest BCUT2D eigenvalue weighted by molar-refractivity contribution is -0.126. The highest BCUT2D eigenvalue weighted by Crippen LogP contribution is 2.34. The number of hydrogen-bond acceptors (Lipinski definition) is 3. The lowest BCUT2D eigenvalue weighted by Crippen LogP contribution is -2.44. The van der Waals surface area contributed by atoms with Gasteiger partial charge in [0, 0.05) is 31.4 Å². The molecule has 2 aliphatic rings. The summed E-state index contributed by atoms with van der Waals surface area (Å²) >= 11 is 0. The van der Waals surface area contributed by atoms with E-state index in [0.717, 1.165) is 43.6 Å². The zero-order valence-corrected chi connectivity index (χ0v) is 15.9. The van der Waals surface area contributed by atoms with Crippen LogP contribution in [-0.2, 0) is 9.53 Å². The number of nitrogens with zero attached hydrogens (tertiary/aromatic N) is 1. The Balaban J connectivity index is 1.71. The van der Waals surface area contributed by atoms with Crippen molar-refractivity contribution in [1.82, 2.24) is 10.2 Å². The molecule has 0 bridgehead atoms. The van der Waals surface area contributed by atoms with Crippen molar-refractivity contribution >= 4 is 11.8 Å². The zero-order valence-electron chi connectivity index (χ0n) is 15.9. The van der Waals surface area contributed by atoms with Crippen LogP contribution < -0.4 is 5.32 Å². The minimum absolute atomic E-state index is 0.0423. The Hall–Kier alpha value is -1.88. The molecule has 0 radical (unpaired) electrons. The van der Waals surface area contributed by atoms with Gasteiger partial charge in [-0.1, -0.05) is 25.1 Å². The number of benzene rings is 1. The molecule has 5 nitrogen and oxygen atoms in total. The summed E-state index contributed by atoms with van der Waals surface area (Å²) in [5.41, 5.74) is 1.48. The summed E-state index contributed by atoms with van der Waals surface area (Å²) in [5, 5.41) is 3.21. The van der Waals surface area contributed by atoms with Crippen LogP contribution in [0.3, 0.4) is 0 Å². The highest BCUT2D eigenvalue weighted by molar-refractivity contribution is 6.04. The molecule has 0 saturated heterocycles. The molecule has 1 atom stereocenters. The van der Waals surface area contributed by atoms with E-state index in [9.17, 15) is 9.59 Å². The van der Waals surface area contributed by atoms with Gasteiger partial charge in [0.15, 0.2) is 0 Å². The van der Waals surface area contributed by atoms with Gasteiger partial charge in [0.1, 0.15) is 6.04 Å². The zero-order chi connectivity index (χ0) is 18.5. The number of amides is 2. The van der Waals surface area contributed by atoms with Crippen LogP contribution in [0.2, 0.25) is 0 Å². The maximum absolute atomic E-state index is 13.1. The Labute approximate surface area is 156 Å². The fourth-order valence-electron chi connectivity index (χ4n) is 4.05. The van der Waals surface area contributed by atoms with Crippen molar-refractivity contribution in [2.45, 2.75) is 58.0 Å². The van der Waals surface area contributed by atoms with E-state index >= 15 is 0 Å². The molecule has 0 spiro atoms. The van der Waals surface area contributed by atoms with E-state index < -0.39 is 6.04 Å². The van der Waals surface area contributed by atoms with Crippen LogP contribution in [0.15, 0.2) is 24.3 Å². The molecule has 1 aromatic carbocycles. The second kappa shape index (κ2) is 8.67. The maximum Gasteiger partial charge on any atom is 0.255 e. The monoisotopic (exact) mass is 358 g/mol. The Kier molecular flexibility index (Phi) is 6.30. The SMILES string of the molecule is CCOCCCN1C(=O)c2ccccc2[C@H]1C(=O)NC1CCC(C)CC1. The summed E-state index contributed by atoms with van der Waals surface area (Å²) in [6.45, 7) is 6.03. The van der Waals surface area contributed by atoms with Crippen LogP contribution in [0.4, 0.5) is 0 Å². The van der Waals surface area contributed by atoms with E-state index in [4.69, 9.17) is 4.74 Å². The first kappa shape index (κ1) is 18.9. The molecule has 1 aromatic rings. The van der Waals surface area contributed by atoms with Gasteiger partial charge in [0.05, 0.1) is 0 Å². The van der Waals surface area contributed by atoms with E-state index in [0.29, 0.717) is 25.3 Å². The van der Waals surface area contributed by atoms with E-state index in [1.54, 1.807) is 4.90 Å². The second-order valence-corrected chi connectivity index (χ2v) is 7.50. The molecular weight excluding hydrogens is 328 g/mol. The van der Waals surface area contributed by atoms with Crippen molar-refractivity contribution in [2.75, 3.05) is 19.8 Å². The lowest BCUT2D eigenvalue weighted by atomic mass is 9.87. The molecule has 2 amide bonds. The van der Waals surface area contributed by atoms with Crippen molar-refractivity contribution in [2.24, 2.45) is 5.92 Å². The summed E-state index contributed by atoms with van der Waals surface area (Å²) in [4.78, 5) is 27.6. The minimum atomic E-state index is -0.514. The summed E-state index contributed by atoms with van der Waals surface area (Å²) in [6, 6.07) is 7.20. The largest absolute Gasteiger partial charge is 0.382 e. The first-order valence-electron chi connectivity index (χ1n) is 9.89. The molecule has 142 valence electrons. The summed E-state index contributed by atoms with van der Waals surface area (Å²) in [7, 11) is 0. The maximum atomic E-state index is 13.1. The average molecular weight is 358 g/mol. The molecule has 1 N–H and O–H groups in total. The van der Waals surface area contributed by atoms with Crippen molar-refractivity contribution in [3.63, 3.8) is 0 Å². The third-order valence-electron chi connectivity index (χ3n) is 5.56. The number of carbonyl (C=O) groups is 2. The van der Waals surface area contributed by atoms with Gasteiger partial charge in [-0.05, 0) is 56.6 Å². The molecule has 5 heteroatoms. The normalized spacial score (nSPS) is 25.2. The summed E-state index contributed by atoms with van der Waals surface area (Å²) < 4.78 is 5.39. The molecule has 1 heterocycles. The van der Waals surface area contributed by atoms with E-state index in [-0.39, 0.29) is 17.9 Å². The molecular formula is C21H30N2O3. The number of nitrogens with one attached hydrogen (secondary N) is 1. The first-order valence-corrected chi connectivity index (χ1v) is 9.89. The number of fused-ring (bicyclic) bond motifs is 1. The van der Waals surface area contributed by atoms with Gasteiger partial charge in [-0.15, -0.1) is 0 Å². The molecule has 0 unspecified atom stereocenters. The lowest BCUT2D eigenvalue weighted by Gasteiger charge is -2.30. The number of rotatable bonds is 7. The predicted molar refractivity (Wildman–Crippen MR) is 101 cm³/mol. The Morgan fingerprint density at radius 1 is 1.23 bits per heavy atom. The highest BCUT2D eigenvalue weighted by atomic mass is 16.5. The van der Waals surface area contributed by atoms with Gasteiger partial charge in [-0.2, -0.15) is 0 Å². The fourth-order valence-corrected chi connectivity index (χ4v) is 4.05. The van der Waals surface area contributed by atoms with Crippen molar-refractivity contribution in [1.29, 1.82) is 0 Å². The van der Waals surface area contributed by atoms with Gasteiger partial charge in [0.2, 0.25) is 5.91 Å². The number of carbonyl (C=O) groups excluding carboxylic acids is 2. The minimum Gasteiger partial charge on any atom is -0.382 e. The average Bonchev–Trinajstić information content (AvgIpc) is 2.93. The molecule has 3 rings (SSSR count). The van der Waals surface area contributed by atoms with Crippen molar-refractivity contribution in [3.05, 3.63) is 35.4 Å². The van der Waals surface area contributed by atoms with Gasteiger partial charge in [-0.3, -0.25) is 9.59 Å². The van der Waals surface area contributed by atoms with Crippen LogP contribution in [0.1, 0.15) is 67.9 Å². The highest BCUT2D eigenvalue weighted by Gasteiger charge is 2.41. The first-order chi connectivity index (χ1) is 12.6. The van der Waals surface area contributed by atoms with E-state index in [1.807, 2.05) is 31.2 Å². The van der Waals surface area contributed by atoms with Crippen molar-refractivity contribution < 1.29 is 14.3 Å². The van der Waals surface area contributed by atoms with Gasteiger partial charge < -0.3 is 15.0 Å². The molecule has 1 saturated carbocycles. The third kappa shape index (κ3) is 4.09. The standard InChI is InChI=1S/C21H30N2O3/c1-3-26-14-6-13-23-19(17-7-4-5-8-18(17)21(23)25)20(24)22-16-11-9-15(2)10-12-16/h4-5,7-8,15-16,19H,3,6,9-14H2,1-2H3,(H,22,24)/t15?,16?,19-/m0/s1. The molecule has 1 aliphatic heterocycles. The summed E-state index contributed by atoms with van der Waals surface area (Å²) in [5.74, 6) is 0.653. The van der Waals surface area contributed by atoms with Gasteiger partial charge in [0.25, 0.3) is 5.91 Å². The van der Waals surface area contributed by atoms with Crippen LogP contribution in [0, 0.1) is 5.92 Å². The van der Waals surface area contributed by atoms with E-state index in [1.165, 1.54) is 0 Å². The van der Waals surface area contributed by atoms with Crippen LogP contribution in [0.5, 0.6) is 0 Å². The smallest absolute Gasteiger partial charge is 0.255 e. The topological polar surface area (TPSA) is 58.6 Å². The summed E-state index contributed by atoms with van der Waals surface area (Å²) in [6.07, 6.45) is 5.10. The predicted octanol–water partition coefficient (Wildman–Crippen LogP) is 3.31. The van der Waals surface area contributed by atoms with Gasteiger partial charge in [-0.25, -0.2) is 0 Å². The number of ether oxygens (including phenoxy) is 1. The molecule has 26 heavy (non-hydrogen) atoms. The second-order valence-electron chi connectivity index (χ2n) is 7.50. The Morgan fingerprint density at radius 3 is 2.69 bits per heavy atom. The van der Waals surface area contributed by atoms with E-state index in [2.05, 4.69) is 12.2 Å². The molecule has 0 aromatic heterocycles. The number of hydrogen-bond donors (Lipinski definition) is 1. The van der Waals surface area contributed by atoms with Crippen LogP contribution in [0.25, 0.3) is 0 Å². The quantitative estimate of drug-likeness (QED) is 0.761. The Morgan fingerprint density at radius 2 is 1.96 bits per heavy atom. The molecule has 1 aliphatic carbocycles. The molecule has 1 fully saturated rings. The van der Waals surface area contributed by atoms with Crippen LogP contribution >= 0.6 is 0 Å². The third-order valence-corrected chi connectivity index (χ3v) is 5.56. The fraction of sp³-hybridized carbons (Fsp3) is 0.619. The van der Waals surface area contributed by atoms with Crippen LogP contribution in [-0.4, -0.2) is 42.5 Å².